The first-order valence-electron chi connectivity index (χ1n) is 8.72. The quantitative estimate of drug-likeness (QED) is 0.851. The maximum absolute atomic E-state index is 12.5. The molecule has 0 radical (unpaired) electrons. The van der Waals surface area contributed by atoms with Crippen LogP contribution in [0.3, 0.4) is 0 Å². The van der Waals surface area contributed by atoms with E-state index in [0.717, 1.165) is 17.1 Å². The number of amides is 2. The zero-order valence-electron chi connectivity index (χ0n) is 15.1. The van der Waals surface area contributed by atoms with Crippen LogP contribution < -0.4 is 10.1 Å². The molecule has 0 bridgehead atoms. The molecule has 1 N–H and O–H groups in total. The van der Waals surface area contributed by atoms with E-state index in [4.69, 9.17) is 4.74 Å². The topological polar surface area (TPSA) is 76.5 Å². The Bertz CT molecular complexity index is 787. The van der Waals surface area contributed by atoms with Gasteiger partial charge in [0.05, 0.1) is 19.6 Å². The maximum atomic E-state index is 12.5. The summed E-state index contributed by atoms with van der Waals surface area (Å²) in [6.07, 6.45) is 4.51. The molecule has 1 fully saturated rings. The molecule has 7 nitrogen and oxygen atoms in total. The molecule has 3 rings (SSSR count). The summed E-state index contributed by atoms with van der Waals surface area (Å²) >= 11 is 0. The van der Waals surface area contributed by atoms with Crippen LogP contribution >= 0.6 is 0 Å². The van der Waals surface area contributed by atoms with Crippen molar-refractivity contribution in [3.63, 3.8) is 0 Å². The number of carbonyl (C=O) groups excluding carboxylic acids is 2. The number of piperidine rings is 1. The molecule has 1 saturated heterocycles. The lowest BCUT2D eigenvalue weighted by Gasteiger charge is -2.32. The highest BCUT2D eigenvalue weighted by Gasteiger charge is 2.30. The summed E-state index contributed by atoms with van der Waals surface area (Å²) in [4.78, 5) is 30.8. The second-order valence-electron chi connectivity index (χ2n) is 6.49. The number of hydrogen-bond donors (Lipinski definition) is 1. The van der Waals surface area contributed by atoms with Crippen LogP contribution in [0.25, 0.3) is 0 Å². The average Bonchev–Trinajstić information content (AvgIpc) is 3.07. The SMILES string of the molecule is COc1ccccc1CN1CC(C(=O)NCc2nccn2C)CCC1=O. The first kappa shape index (κ1) is 18.0. The predicted octanol–water partition coefficient (Wildman–Crippen LogP) is 1.48. The monoisotopic (exact) mass is 356 g/mol. The van der Waals surface area contributed by atoms with Crippen LogP contribution in [-0.4, -0.2) is 39.9 Å². The van der Waals surface area contributed by atoms with E-state index >= 15 is 0 Å². The van der Waals surface area contributed by atoms with Crippen LogP contribution in [0, 0.1) is 5.92 Å². The normalized spacial score (nSPS) is 17.2. The van der Waals surface area contributed by atoms with Crippen molar-refractivity contribution >= 4 is 11.8 Å². The van der Waals surface area contributed by atoms with Gasteiger partial charge in [-0.1, -0.05) is 18.2 Å². The van der Waals surface area contributed by atoms with Crippen molar-refractivity contribution in [1.29, 1.82) is 0 Å². The molecule has 0 aliphatic carbocycles. The molecule has 0 spiro atoms. The van der Waals surface area contributed by atoms with Crippen LogP contribution in [0.5, 0.6) is 5.75 Å². The summed E-state index contributed by atoms with van der Waals surface area (Å²) in [5.41, 5.74) is 0.942. The van der Waals surface area contributed by atoms with Crippen molar-refractivity contribution in [1.82, 2.24) is 19.8 Å². The van der Waals surface area contributed by atoms with E-state index in [1.54, 1.807) is 18.2 Å². The molecule has 2 amide bonds. The van der Waals surface area contributed by atoms with Gasteiger partial charge in [-0.3, -0.25) is 9.59 Å². The fourth-order valence-electron chi connectivity index (χ4n) is 3.20. The third-order valence-electron chi connectivity index (χ3n) is 4.77. The molecule has 0 saturated carbocycles. The second-order valence-corrected chi connectivity index (χ2v) is 6.49. The molecule has 26 heavy (non-hydrogen) atoms. The van der Waals surface area contributed by atoms with Crippen molar-refractivity contribution in [3.05, 3.63) is 48.0 Å². The number of methoxy groups -OCH3 is 1. The number of aryl methyl sites for hydroxylation is 1. The van der Waals surface area contributed by atoms with E-state index in [1.165, 1.54) is 0 Å². The fourth-order valence-corrected chi connectivity index (χ4v) is 3.20. The van der Waals surface area contributed by atoms with Gasteiger partial charge in [0.15, 0.2) is 0 Å². The number of aromatic nitrogens is 2. The summed E-state index contributed by atoms with van der Waals surface area (Å²) in [7, 11) is 3.51. The number of rotatable bonds is 6. The molecule has 1 aromatic carbocycles. The van der Waals surface area contributed by atoms with Gasteiger partial charge in [0.25, 0.3) is 0 Å². The third kappa shape index (κ3) is 4.04. The van der Waals surface area contributed by atoms with Gasteiger partial charge in [-0.05, 0) is 12.5 Å². The Labute approximate surface area is 153 Å². The maximum Gasteiger partial charge on any atom is 0.225 e. The summed E-state index contributed by atoms with van der Waals surface area (Å²) < 4.78 is 7.23. The van der Waals surface area contributed by atoms with Crippen LogP contribution in [0.2, 0.25) is 0 Å². The molecular weight excluding hydrogens is 332 g/mol. The van der Waals surface area contributed by atoms with Crippen LogP contribution in [0.4, 0.5) is 0 Å². The lowest BCUT2D eigenvalue weighted by Crippen LogP contribution is -2.45. The van der Waals surface area contributed by atoms with Crippen LogP contribution in [-0.2, 0) is 29.7 Å². The van der Waals surface area contributed by atoms with Crippen molar-refractivity contribution < 1.29 is 14.3 Å². The van der Waals surface area contributed by atoms with Gasteiger partial charge in [0.2, 0.25) is 11.8 Å². The number of carbonyl (C=O) groups is 2. The highest BCUT2D eigenvalue weighted by atomic mass is 16.5. The lowest BCUT2D eigenvalue weighted by molar-refractivity contribution is -0.139. The van der Waals surface area contributed by atoms with E-state index < -0.39 is 0 Å². The molecule has 1 unspecified atom stereocenters. The summed E-state index contributed by atoms with van der Waals surface area (Å²) in [6.45, 7) is 1.26. The number of likely N-dealkylation sites (tertiary alicyclic amines) is 1. The van der Waals surface area contributed by atoms with Gasteiger partial charge >= 0.3 is 0 Å². The van der Waals surface area contributed by atoms with Crippen LogP contribution in [0.15, 0.2) is 36.7 Å². The first-order valence-corrected chi connectivity index (χ1v) is 8.72. The zero-order chi connectivity index (χ0) is 18.5. The van der Waals surface area contributed by atoms with E-state index in [0.29, 0.717) is 32.5 Å². The average molecular weight is 356 g/mol. The Morgan fingerprint density at radius 1 is 1.38 bits per heavy atom. The number of nitrogens with zero attached hydrogens (tertiary/aromatic N) is 3. The predicted molar refractivity (Wildman–Crippen MR) is 96.2 cm³/mol. The number of ether oxygens (including phenoxy) is 1. The van der Waals surface area contributed by atoms with E-state index in [1.807, 2.05) is 42.1 Å². The summed E-state index contributed by atoms with van der Waals surface area (Å²) in [5, 5.41) is 2.93. The van der Waals surface area contributed by atoms with Gasteiger partial charge in [0, 0.05) is 44.5 Å². The van der Waals surface area contributed by atoms with Crippen molar-refractivity contribution in [3.8, 4) is 5.75 Å². The molecular formula is C19H24N4O3. The third-order valence-corrected chi connectivity index (χ3v) is 4.77. The minimum absolute atomic E-state index is 0.0365. The number of hydrogen-bond acceptors (Lipinski definition) is 4. The van der Waals surface area contributed by atoms with Gasteiger partial charge in [-0.2, -0.15) is 0 Å². The Morgan fingerprint density at radius 3 is 2.92 bits per heavy atom. The van der Waals surface area contributed by atoms with E-state index in [2.05, 4.69) is 10.3 Å². The number of para-hydroxylation sites is 1. The fraction of sp³-hybridized carbons (Fsp3) is 0.421. The number of imidazole rings is 1. The van der Waals surface area contributed by atoms with Crippen molar-refractivity contribution in [2.24, 2.45) is 13.0 Å². The molecule has 2 heterocycles. The summed E-state index contributed by atoms with van der Waals surface area (Å²) in [6, 6.07) is 7.63. The Balaban J connectivity index is 1.61. The minimum Gasteiger partial charge on any atom is -0.496 e. The van der Waals surface area contributed by atoms with Gasteiger partial charge in [0.1, 0.15) is 11.6 Å². The van der Waals surface area contributed by atoms with Crippen LogP contribution in [0.1, 0.15) is 24.2 Å². The molecule has 1 aliphatic heterocycles. The molecule has 138 valence electrons. The zero-order valence-corrected chi connectivity index (χ0v) is 15.1. The van der Waals surface area contributed by atoms with Crippen molar-refractivity contribution in [2.75, 3.05) is 13.7 Å². The van der Waals surface area contributed by atoms with Gasteiger partial charge < -0.3 is 19.5 Å². The van der Waals surface area contributed by atoms with E-state index in [9.17, 15) is 9.59 Å². The molecule has 1 atom stereocenters. The van der Waals surface area contributed by atoms with Crippen molar-refractivity contribution in [2.45, 2.75) is 25.9 Å². The molecule has 1 aliphatic rings. The van der Waals surface area contributed by atoms with Gasteiger partial charge in [-0.15, -0.1) is 0 Å². The minimum atomic E-state index is -0.206. The highest BCUT2D eigenvalue weighted by molar-refractivity contribution is 5.83. The molecule has 7 heteroatoms. The second kappa shape index (κ2) is 8.03. The Hall–Kier alpha value is -2.83. The first-order chi connectivity index (χ1) is 12.6. The van der Waals surface area contributed by atoms with E-state index in [-0.39, 0.29) is 17.7 Å². The largest absolute Gasteiger partial charge is 0.496 e. The number of nitrogens with one attached hydrogen (secondary N) is 1. The Morgan fingerprint density at radius 2 is 2.19 bits per heavy atom. The molecule has 2 aromatic rings. The highest BCUT2D eigenvalue weighted by Crippen LogP contribution is 2.24. The lowest BCUT2D eigenvalue weighted by atomic mass is 9.96. The standard InChI is InChI=1S/C19H24N4O3/c1-22-10-9-20-17(22)11-21-19(25)15-7-8-18(24)23(13-15)12-14-5-3-4-6-16(14)26-2/h3-6,9-10,15H,7-8,11-13H2,1-2H3,(H,21,25). The molecule has 1 aromatic heterocycles. The van der Waals surface area contributed by atoms with Gasteiger partial charge in [-0.25, -0.2) is 4.98 Å². The number of benzene rings is 1. The smallest absolute Gasteiger partial charge is 0.225 e. The Kier molecular flexibility index (Phi) is 5.55. The summed E-state index contributed by atoms with van der Waals surface area (Å²) in [5.74, 6) is 1.38.